The highest BCUT2D eigenvalue weighted by Gasteiger charge is 2.17. The predicted octanol–water partition coefficient (Wildman–Crippen LogP) is 7.93. The Morgan fingerprint density at radius 1 is 0.622 bits per heavy atom. The van der Waals surface area contributed by atoms with Gasteiger partial charge < -0.3 is 4.57 Å². The maximum Gasteiger partial charge on any atom is 0.0992 e. The van der Waals surface area contributed by atoms with E-state index in [1.165, 1.54) is 27.1 Å². The van der Waals surface area contributed by atoms with E-state index < -0.39 is 0 Å². The summed E-state index contributed by atoms with van der Waals surface area (Å²) < 4.78 is 2.35. The summed E-state index contributed by atoms with van der Waals surface area (Å²) in [5.41, 5.74) is 7.63. The lowest BCUT2D eigenvalue weighted by Crippen LogP contribution is -1.94. The van der Waals surface area contributed by atoms with Gasteiger partial charge in [0.25, 0.3) is 0 Å². The number of para-hydroxylation sites is 2. The number of nitriles is 1. The third-order valence-electron chi connectivity index (χ3n) is 6.92. The highest BCUT2D eigenvalue weighted by atomic mass is 15.0. The number of fused-ring (bicyclic) bond motifs is 5. The third kappa shape index (κ3) is 3.37. The highest BCUT2D eigenvalue weighted by Crippen LogP contribution is 2.41. The second kappa shape index (κ2) is 8.44. The molecule has 0 saturated heterocycles. The van der Waals surface area contributed by atoms with Crippen LogP contribution < -0.4 is 0 Å². The van der Waals surface area contributed by atoms with E-state index in [9.17, 15) is 5.26 Å². The van der Waals surface area contributed by atoms with Gasteiger partial charge in [-0.05, 0) is 58.8 Å². The summed E-state index contributed by atoms with van der Waals surface area (Å²) in [6.07, 6.45) is 3.55. The Labute approximate surface area is 213 Å². The van der Waals surface area contributed by atoms with Gasteiger partial charge in [0, 0.05) is 34.4 Å². The number of rotatable bonds is 3. The predicted molar refractivity (Wildman–Crippen MR) is 149 cm³/mol. The minimum absolute atomic E-state index is 0.570. The van der Waals surface area contributed by atoms with E-state index in [-0.39, 0.29) is 0 Å². The van der Waals surface area contributed by atoms with Crippen LogP contribution in [0.25, 0.3) is 60.8 Å². The van der Waals surface area contributed by atoms with Crippen LogP contribution in [0.15, 0.2) is 122 Å². The first-order valence-corrected chi connectivity index (χ1v) is 12.1. The minimum Gasteiger partial charge on any atom is -0.309 e. The lowest BCUT2D eigenvalue weighted by atomic mass is 9.95. The van der Waals surface area contributed by atoms with Gasteiger partial charge in [0.2, 0.25) is 0 Å². The van der Waals surface area contributed by atoms with Gasteiger partial charge in [-0.15, -0.1) is 0 Å². The minimum atomic E-state index is 0.570. The maximum atomic E-state index is 9.25. The molecule has 0 amide bonds. The molecule has 0 aliphatic rings. The van der Waals surface area contributed by atoms with Gasteiger partial charge in [0.1, 0.15) is 0 Å². The smallest absolute Gasteiger partial charge is 0.0992 e. The Balaban J connectivity index is 1.50. The van der Waals surface area contributed by atoms with Gasteiger partial charge in [-0.3, -0.25) is 9.97 Å². The molecular formula is C33H20N4. The summed E-state index contributed by atoms with van der Waals surface area (Å²) in [6.45, 7) is 0. The van der Waals surface area contributed by atoms with Crippen LogP contribution in [0.4, 0.5) is 0 Å². The van der Waals surface area contributed by atoms with Crippen molar-refractivity contribution in [2.75, 3.05) is 0 Å². The highest BCUT2D eigenvalue weighted by molar-refractivity contribution is 6.24. The van der Waals surface area contributed by atoms with E-state index in [1.807, 2.05) is 18.3 Å². The van der Waals surface area contributed by atoms with Crippen LogP contribution in [0.5, 0.6) is 0 Å². The number of benzene rings is 4. The number of hydrogen-bond acceptors (Lipinski definition) is 3. The first-order valence-electron chi connectivity index (χ1n) is 12.1. The summed E-state index contributed by atoms with van der Waals surface area (Å²) in [5.74, 6) is 0. The molecule has 0 radical (unpaired) electrons. The molecule has 3 heterocycles. The molecule has 0 aliphatic carbocycles. The number of hydrogen-bond donors (Lipinski definition) is 0. The van der Waals surface area contributed by atoms with Crippen molar-refractivity contribution in [3.63, 3.8) is 0 Å². The van der Waals surface area contributed by atoms with Crippen molar-refractivity contribution in [3.05, 3.63) is 127 Å². The molecule has 0 bridgehead atoms. The fourth-order valence-corrected chi connectivity index (χ4v) is 5.27. The monoisotopic (exact) mass is 472 g/mol. The van der Waals surface area contributed by atoms with Crippen LogP contribution in [0, 0.1) is 11.3 Å². The first kappa shape index (κ1) is 21.0. The third-order valence-corrected chi connectivity index (χ3v) is 6.92. The normalized spacial score (nSPS) is 11.2. The molecule has 0 aliphatic heterocycles. The van der Waals surface area contributed by atoms with Crippen molar-refractivity contribution in [2.45, 2.75) is 0 Å². The zero-order valence-corrected chi connectivity index (χ0v) is 19.8. The molecule has 37 heavy (non-hydrogen) atoms. The Kier molecular flexibility index (Phi) is 4.80. The van der Waals surface area contributed by atoms with Gasteiger partial charge in [-0.2, -0.15) is 5.26 Å². The molecule has 0 fully saturated rings. The molecule has 3 aromatic heterocycles. The second-order valence-electron chi connectivity index (χ2n) is 9.03. The molecule has 172 valence electrons. The van der Waals surface area contributed by atoms with E-state index in [0.717, 1.165) is 28.0 Å². The lowest BCUT2D eigenvalue weighted by molar-refractivity contribution is 1.18. The first-order chi connectivity index (χ1) is 18.3. The molecule has 0 unspecified atom stereocenters. The van der Waals surface area contributed by atoms with Crippen molar-refractivity contribution in [1.29, 1.82) is 5.26 Å². The number of nitrogens with zero attached hydrogens (tertiary/aromatic N) is 4. The van der Waals surface area contributed by atoms with Crippen molar-refractivity contribution in [3.8, 4) is 34.3 Å². The molecule has 0 atom stereocenters. The van der Waals surface area contributed by atoms with E-state index in [2.05, 4.69) is 101 Å². The molecule has 4 nitrogen and oxygen atoms in total. The average Bonchev–Trinajstić information content (AvgIpc) is 3.32. The summed E-state index contributed by atoms with van der Waals surface area (Å²) in [4.78, 5) is 9.14. The van der Waals surface area contributed by atoms with Gasteiger partial charge in [0.05, 0.1) is 34.1 Å². The van der Waals surface area contributed by atoms with Crippen LogP contribution in [0.3, 0.4) is 0 Å². The van der Waals surface area contributed by atoms with Crippen LogP contribution >= 0.6 is 0 Å². The summed E-state index contributed by atoms with van der Waals surface area (Å²) >= 11 is 0. The lowest BCUT2D eigenvalue weighted by Gasteiger charge is -2.12. The largest absolute Gasteiger partial charge is 0.309 e. The molecular weight excluding hydrogens is 452 g/mol. The topological polar surface area (TPSA) is 54.5 Å². The van der Waals surface area contributed by atoms with Crippen molar-refractivity contribution in [2.24, 2.45) is 0 Å². The van der Waals surface area contributed by atoms with E-state index >= 15 is 0 Å². The fourth-order valence-electron chi connectivity index (χ4n) is 5.27. The molecule has 0 spiro atoms. The molecule has 4 heteroatoms. The second-order valence-corrected chi connectivity index (χ2v) is 9.03. The zero-order valence-electron chi connectivity index (χ0n) is 19.8. The van der Waals surface area contributed by atoms with Crippen LogP contribution in [-0.4, -0.2) is 14.5 Å². The summed E-state index contributed by atoms with van der Waals surface area (Å²) in [7, 11) is 0. The van der Waals surface area contributed by atoms with E-state index in [1.54, 1.807) is 18.3 Å². The molecule has 7 rings (SSSR count). The van der Waals surface area contributed by atoms with E-state index in [4.69, 9.17) is 4.98 Å². The van der Waals surface area contributed by atoms with Crippen molar-refractivity contribution < 1.29 is 0 Å². The van der Waals surface area contributed by atoms with Gasteiger partial charge in [0.15, 0.2) is 0 Å². The fraction of sp³-hybridized carbons (Fsp3) is 0. The zero-order chi connectivity index (χ0) is 24.8. The van der Waals surface area contributed by atoms with Gasteiger partial charge in [-0.1, -0.05) is 66.7 Å². The SMILES string of the molecule is N#Cc1ccnc(-c2ccc(-c3cc4c(c5ccccc35)c3ccccc3n4-c3ccccc3)cn2)c1. The molecule has 0 saturated carbocycles. The van der Waals surface area contributed by atoms with Crippen LogP contribution in [0.1, 0.15) is 5.56 Å². The summed E-state index contributed by atoms with van der Waals surface area (Å²) in [5, 5.41) is 14.1. The molecule has 7 aromatic rings. The Morgan fingerprint density at radius 2 is 1.38 bits per heavy atom. The Hall–Kier alpha value is -5.27. The van der Waals surface area contributed by atoms with Crippen LogP contribution in [-0.2, 0) is 0 Å². The average molecular weight is 473 g/mol. The standard InChI is InChI=1S/C33H20N4/c34-20-22-16-17-35-30(18-22)29-15-14-23(21-36-29)28-19-32-33(26-11-5-4-10-25(26)28)27-12-6-7-13-31(27)37(32)24-8-2-1-3-9-24/h1-19,21H. The van der Waals surface area contributed by atoms with Crippen molar-refractivity contribution >= 4 is 32.6 Å². The van der Waals surface area contributed by atoms with Gasteiger partial charge >= 0.3 is 0 Å². The number of pyridine rings is 2. The van der Waals surface area contributed by atoms with Crippen molar-refractivity contribution in [1.82, 2.24) is 14.5 Å². The molecule has 4 aromatic carbocycles. The Bertz CT molecular complexity index is 1980. The van der Waals surface area contributed by atoms with Gasteiger partial charge in [-0.25, -0.2) is 0 Å². The molecule has 0 N–H and O–H groups in total. The summed E-state index contributed by atoms with van der Waals surface area (Å²) in [6, 6.07) is 39.7. The maximum absolute atomic E-state index is 9.25. The number of aromatic nitrogens is 3. The Morgan fingerprint density at radius 3 is 2.16 bits per heavy atom. The van der Waals surface area contributed by atoms with E-state index in [0.29, 0.717) is 11.3 Å². The quantitative estimate of drug-likeness (QED) is 0.262. The van der Waals surface area contributed by atoms with Crippen LogP contribution in [0.2, 0.25) is 0 Å².